The minimum atomic E-state index is -1.83. The number of aliphatic hydroxyl groups is 1. The molecular formula is C18H40O3Si2. The van der Waals surface area contributed by atoms with Crippen LogP contribution in [-0.4, -0.2) is 41.1 Å². The van der Waals surface area contributed by atoms with E-state index in [4.69, 9.17) is 8.85 Å². The Morgan fingerprint density at radius 2 is 1.35 bits per heavy atom. The van der Waals surface area contributed by atoms with Crippen LogP contribution in [0.25, 0.3) is 0 Å². The van der Waals surface area contributed by atoms with Gasteiger partial charge in [-0.05, 0) is 42.7 Å². The van der Waals surface area contributed by atoms with Gasteiger partial charge < -0.3 is 14.0 Å². The molecule has 0 spiro atoms. The summed E-state index contributed by atoms with van der Waals surface area (Å²) in [6, 6.07) is 0. The third-order valence-corrected chi connectivity index (χ3v) is 14.4. The molecule has 0 aromatic rings. The number of aliphatic hydroxyl groups excluding tert-OH is 1. The third-order valence-electron chi connectivity index (χ3n) is 5.38. The van der Waals surface area contributed by atoms with Crippen molar-refractivity contribution in [3.8, 4) is 0 Å². The predicted octanol–water partition coefficient (Wildman–Crippen LogP) is 5.34. The van der Waals surface area contributed by atoms with Gasteiger partial charge in [0.2, 0.25) is 0 Å². The van der Waals surface area contributed by atoms with E-state index < -0.39 is 16.6 Å². The third kappa shape index (κ3) is 7.65. The first-order chi connectivity index (χ1) is 10.1. The van der Waals surface area contributed by atoms with Gasteiger partial charge in [-0.15, -0.1) is 0 Å². The Bertz CT molecular complexity index is 377. The molecule has 0 heterocycles. The standard InChI is InChI=1S/C18H40O3Si2/c1-17(2,3)22(7,8)20-14-12-11-13-16(15-19)21-23(9,10)18(4,5)6/h11-12,16,19H,13-15H2,1-10H3/b12-11+/t16-/m0/s1. The van der Waals surface area contributed by atoms with Gasteiger partial charge in [0.1, 0.15) is 0 Å². The van der Waals surface area contributed by atoms with Crippen molar-refractivity contribution in [1.29, 1.82) is 0 Å². The van der Waals surface area contributed by atoms with Crippen molar-refractivity contribution >= 4 is 16.6 Å². The second-order valence-electron chi connectivity index (χ2n) is 9.46. The van der Waals surface area contributed by atoms with Crippen LogP contribution in [0.5, 0.6) is 0 Å². The molecule has 0 radical (unpaired) electrons. The second-order valence-corrected chi connectivity index (χ2v) is 19.0. The molecule has 0 aliphatic heterocycles. The Balaban J connectivity index is 4.43. The summed E-state index contributed by atoms with van der Waals surface area (Å²) in [6.45, 7) is 23.1. The van der Waals surface area contributed by atoms with Crippen molar-refractivity contribution in [1.82, 2.24) is 0 Å². The first-order valence-electron chi connectivity index (χ1n) is 8.72. The minimum absolute atomic E-state index is 0.0694. The quantitative estimate of drug-likeness (QED) is 0.469. The van der Waals surface area contributed by atoms with Crippen molar-refractivity contribution in [3.63, 3.8) is 0 Å². The maximum absolute atomic E-state index is 9.59. The van der Waals surface area contributed by atoms with Crippen LogP contribution in [-0.2, 0) is 8.85 Å². The second kappa shape index (κ2) is 8.43. The highest BCUT2D eigenvalue weighted by Crippen LogP contribution is 2.38. The molecule has 0 aliphatic rings. The maximum Gasteiger partial charge on any atom is 0.192 e. The summed E-state index contributed by atoms with van der Waals surface area (Å²) < 4.78 is 12.4. The van der Waals surface area contributed by atoms with Crippen molar-refractivity contribution in [2.24, 2.45) is 0 Å². The van der Waals surface area contributed by atoms with Crippen molar-refractivity contribution in [2.75, 3.05) is 13.2 Å². The highest BCUT2D eigenvalue weighted by atomic mass is 28.4. The van der Waals surface area contributed by atoms with Crippen LogP contribution in [0.1, 0.15) is 48.0 Å². The van der Waals surface area contributed by atoms with Gasteiger partial charge in [-0.1, -0.05) is 53.7 Å². The molecule has 0 bridgehead atoms. The van der Waals surface area contributed by atoms with E-state index in [-0.39, 0.29) is 22.8 Å². The molecule has 0 aromatic heterocycles. The van der Waals surface area contributed by atoms with Crippen molar-refractivity contribution in [3.05, 3.63) is 12.2 Å². The van der Waals surface area contributed by atoms with Crippen LogP contribution in [0.3, 0.4) is 0 Å². The lowest BCUT2D eigenvalue weighted by molar-refractivity contribution is 0.105. The van der Waals surface area contributed by atoms with Gasteiger partial charge in [-0.25, -0.2) is 0 Å². The lowest BCUT2D eigenvalue weighted by Crippen LogP contribution is -2.44. The Morgan fingerprint density at radius 3 is 1.74 bits per heavy atom. The molecular weight excluding hydrogens is 320 g/mol. The lowest BCUT2D eigenvalue weighted by Gasteiger charge is -2.38. The Morgan fingerprint density at radius 1 is 0.870 bits per heavy atom. The van der Waals surface area contributed by atoms with Crippen LogP contribution in [0, 0.1) is 0 Å². The molecule has 0 unspecified atom stereocenters. The van der Waals surface area contributed by atoms with Gasteiger partial charge in [0.05, 0.1) is 19.3 Å². The summed E-state index contributed by atoms with van der Waals surface area (Å²) >= 11 is 0. The number of hydrogen-bond donors (Lipinski definition) is 1. The fraction of sp³-hybridized carbons (Fsp3) is 0.889. The first-order valence-corrected chi connectivity index (χ1v) is 14.5. The molecule has 23 heavy (non-hydrogen) atoms. The normalized spacial score (nSPS) is 16.1. The largest absolute Gasteiger partial charge is 0.413 e. The Kier molecular flexibility index (Phi) is 8.45. The van der Waals surface area contributed by atoms with Gasteiger partial charge in [-0.2, -0.15) is 0 Å². The highest BCUT2D eigenvalue weighted by Gasteiger charge is 2.39. The zero-order chi connectivity index (χ0) is 18.5. The number of hydrogen-bond acceptors (Lipinski definition) is 3. The Labute approximate surface area is 146 Å². The zero-order valence-corrected chi connectivity index (χ0v) is 19.1. The fourth-order valence-electron chi connectivity index (χ4n) is 1.54. The van der Waals surface area contributed by atoms with Crippen LogP contribution >= 0.6 is 0 Å². The van der Waals surface area contributed by atoms with E-state index >= 15 is 0 Å². The molecule has 0 saturated heterocycles. The van der Waals surface area contributed by atoms with E-state index in [0.29, 0.717) is 6.61 Å². The molecule has 0 amide bonds. The molecule has 0 fully saturated rings. The van der Waals surface area contributed by atoms with Gasteiger partial charge in [0, 0.05) is 0 Å². The van der Waals surface area contributed by atoms with Gasteiger partial charge in [-0.3, -0.25) is 0 Å². The smallest absolute Gasteiger partial charge is 0.192 e. The van der Waals surface area contributed by atoms with Crippen LogP contribution in [0.2, 0.25) is 36.3 Å². The molecule has 3 nitrogen and oxygen atoms in total. The fourth-order valence-corrected chi connectivity index (χ4v) is 3.85. The van der Waals surface area contributed by atoms with E-state index in [0.717, 1.165) is 6.42 Å². The average Bonchev–Trinajstić information content (AvgIpc) is 2.33. The molecule has 1 N–H and O–H groups in total. The van der Waals surface area contributed by atoms with Gasteiger partial charge in [0.25, 0.3) is 0 Å². The van der Waals surface area contributed by atoms with Crippen LogP contribution < -0.4 is 0 Å². The van der Waals surface area contributed by atoms with E-state index in [1.807, 2.05) is 0 Å². The van der Waals surface area contributed by atoms with E-state index in [9.17, 15) is 5.11 Å². The Hall–Kier alpha value is 0.0538. The average molecular weight is 361 g/mol. The summed E-state index contributed by atoms with van der Waals surface area (Å²) in [5.74, 6) is 0. The zero-order valence-electron chi connectivity index (χ0n) is 17.1. The lowest BCUT2D eigenvalue weighted by atomic mass is 10.2. The van der Waals surface area contributed by atoms with Crippen molar-refractivity contribution in [2.45, 2.75) is 90.3 Å². The molecule has 138 valence electrons. The molecule has 5 heteroatoms. The van der Waals surface area contributed by atoms with Gasteiger partial charge >= 0.3 is 0 Å². The van der Waals surface area contributed by atoms with Gasteiger partial charge in [0.15, 0.2) is 16.6 Å². The molecule has 0 aromatic carbocycles. The summed E-state index contributed by atoms with van der Waals surface area (Å²) in [4.78, 5) is 0. The summed E-state index contributed by atoms with van der Waals surface area (Å²) in [5.41, 5.74) is 0. The predicted molar refractivity (Wildman–Crippen MR) is 106 cm³/mol. The van der Waals surface area contributed by atoms with E-state index in [1.54, 1.807) is 0 Å². The molecule has 0 rings (SSSR count). The molecule has 1 atom stereocenters. The number of rotatable bonds is 8. The topological polar surface area (TPSA) is 38.7 Å². The maximum atomic E-state index is 9.59. The molecule has 0 aliphatic carbocycles. The SMILES string of the molecule is CC(C)(C)[Si](C)(C)OC/C=C/C[C@@H](CO)O[Si](C)(C)C(C)(C)C. The van der Waals surface area contributed by atoms with E-state index in [1.165, 1.54) is 0 Å². The van der Waals surface area contributed by atoms with Crippen molar-refractivity contribution < 1.29 is 14.0 Å². The summed E-state index contributed by atoms with van der Waals surface area (Å²) in [6.07, 6.45) is 4.78. The monoisotopic (exact) mass is 360 g/mol. The van der Waals surface area contributed by atoms with E-state index in [2.05, 4.69) is 79.9 Å². The summed E-state index contributed by atoms with van der Waals surface area (Å²) in [5, 5.41) is 9.98. The minimum Gasteiger partial charge on any atom is -0.413 e. The highest BCUT2D eigenvalue weighted by molar-refractivity contribution is 6.74. The summed E-state index contributed by atoms with van der Waals surface area (Å²) in [7, 11) is -3.51. The molecule has 0 saturated carbocycles. The van der Waals surface area contributed by atoms with Crippen LogP contribution in [0.4, 0.5) is 0 Å². The van der Waals surface area contributed by atoms with Crippen LogP contribution in [0.15, 0.2) is 12.2 Å². The first kappa shape index (κ1) is 23.1.